The third-order valence-corrected chi connectivity index (χ3v) is 21.6. The van der Waals surface area contributed by atoms with Crippen molar-refractivity contribution in [2.24, 2.45) is 32.5 Å². The maximum Gasteiger partial charge on any atom is 0.456 e. The Bertz CT molecular complexity index is 3610. The van der Waals surface area contributed by atoms with Crippen LogP contribution in [0.1, 0.15) is 194 Å². The summed E-state index contributed by atoms with van der Waals surface area (Å²) in [6, 6.07) is 0. The van der Waals surface area contributed by atoms with Crippen LogP contribution in [0.3, 0.4) is 0 Å². The second-order valence-corrected chi connectivity index (χ2v) is 34.7. The SMILES string of the molecule is CC(C)(O)C(C)(C)C(C)(C)C(F)(F)C(=O)C(F)(F)F.CC(C)(O)C(C)(C)C(F)(F)C(=O)C(F)(F)F.CC(C)(O)OC(C)(C)C(F)(F)C(=O)C(F)(F)F.CC1(C)OC(C)(C)C(F)(F)C(O)(C(F)(F)F)O1.CC1(C)OC(O)(C(F)(F)F)C(F)(F)C(C)(C)C1(C)C.CC1(C)OC(O)(C(F)(F)F)C(F)(F)C1(C)C.O=C(C(F)(F)F)C(F)(F)CO.OC(O)([C-](F)F)C(F)(F)F.[Y]. The van der Waals surface area contributed by atoms with E-state index in [1.807, 2.05) is 0 Å². The largest absolute Gasteiger partial charge is 0.456 e. The Kier molecular flexibility index (Phi) is 40.1. The summed E-state index contributed by atoms with van der Waals surface area (Å²) in [6.07, 6.45) is -48.6. The summed E-state index contributed by atoms with van der Waals surface area (Å²) in [5, 5.41) is 79.2. The van der Waals surface area contributed by atoms with E-state index in [0.717, 1.165) is 111 Å². The van der Waals surface area contributed by atoms with Crippen molar-refractivity contribution in [2.45, 2.75) is 353 Å². The van der Waals surface area contributed by atoms with Crippen molar-refractivity contribution in [3.05, 3.63) is 6.43 Å². The molecule has 18 nitrogen and oxygen atoms in total. The van der Waals surface area contributed by atoms with Gasteiger partial charge in [0, 0.05) is 54.4 Å². The molecular weight excluding hydrogens is 1940 g/mol. The molecule has 0 amide bonds. The number of hydrogen-bond acceptors (Lipinski definition) is 18. The number of ether oxygens (including phenoxy) is 5. The van der Waals surface area contributed by atoms with E-state index in [9.17, 15) is 215 Å². The third-order valence-electron chi connectivity index (χ3n) is 21.6. The second kappa shape index (κ2) is 37.9. The zero-order valence-electron chi connectivity index (χ0n) is 71.1. The molecule has 3 atom stereocenters. The predicted molar refractivity (Wildman–Crippen MR) is 345 cm³/mol. The summed E-state index contributed by atoms with van der Waals surface area (Å²) >= 11 is 0. The molecule has 755 valence electrons. The first-order chi connectivity index (χ1) is 52.4. The Balaban J connectivity index is -0.000000328. The van der Waals surface area contributed by atoms with Crippen LogP contribution in [0.2, 0.25) is 0 Å². The summed E-state index contributed by atoms with van der Waals surface area (Å²) in [7, 11) is 0. The molecule has 0 spiro atoms. The van der Waals surface area contributed by atoms with Gasteiger partial charge in [0.05, 0.1) is 39.7 Å². The van der Waals surface area contributed by atoms with E-state index in [1.165, 1.54) is 55.4 Å². The fourth-order valence-corrected chi connectivity index (χ4v) is 9.72. The van der Waals surface area contributed by atoms with Crippen molar-refractivity contribution in [1.82, 2.24) is 0 Å². The van der Waals surface area contributed by atoms with Gasteiger partial charge in [0.25, 0.3) is 0 Å². The normalized spacial score (nSPS) is 23.4. The first-order valence-electron chi connectivity index (χ1n) is 33.9. The molecule has 3 heterocycles. The standard InChI is InChI=1S/2C12H19F5O2.2C9H13F5O3.2C9H13F5O2.C4H3F5O2.C3H2F5O2.Y/c1-7(2)8(3,4)10(13,14)11(18,12(15,16)17)19-9(7,5)6;1-8(2,10(5,6)19)9(3,4)11(13,14)7(18)12(15,16)17;1-5(2)7(10,11)8(15,9(12,13)14)17-6(3,4)16-5;1-6(2,17-7(3,4)16)8(10,11)5(15)9(12,13)14;1-5(2)6(3,4)16-8(15,7(5,10)11)9(12,13)14;1-6(2,7(3,4)16)8(10,11)5(15)9(12,13)14;5-3(6,1-10)2(11)4(7,8)9;4-1(5)2(9,10)3(6,7)8;/h18H,1-6H3;19H,1-6H3;15H,1-4H3;16H,1-4H3;15H,1-4H3;16H,1-4H3;10H,1H2;9-10H;/q;;;;;;;-1;. The topological polar surface area (TPSA) is 296 Å². The van der Waals surface area contributed by atoms with Crippen molar-refractivity contribution in [1.29, 1.82) is 0 Å². The molecular formula is C67H95F40O18Y-. The average molecular weight is 2040 g/mol. The molecule has 126 heavy (non-hydrogen) atoms. The Morgan fingerprint density at radius 2 is 0.563 bits per heavy atom. The molecule has 0 saturated carbocycles. The first-order valence-corrected chi connectivity index (χ1v) is 33.9. The number of hydrogen-bond donors (Lipinski definition) is 9. The fourth-order valence-electron chi connectivity index (χ4n) is 9.72. The molecule has 3 aliphatic rings. The Labute approximate surface area is 716 Å². The smallest absolute Gasteiger partial charge is 0.415 e. The molecule has 0 aromatic carbocycles. The van der Waals surface area contributed by atoms with E-state index < -0.39 is 228 Å². The van der Waals surface area contributed by atoms with Crippen LogP contribution >= 0.6 is 0 Å². The minimum Gasteiger partial charge on any atom is -0.415 e. The van der Waals surface area contributed by atoms with Crippen molar-refractivity contribution in [2.75, 3.05) is 6.61 Å². The van der Waals surface area contributed by atoms with Crippen molar-refractivity contribution in [3.63, 3.8) is 0 Å². The van der Waals surface area contributed by atoms with Gasteiger partial charge in [-0.25, -0.2) is 0 Å². The van der Waals surface area contributed by atoms with E-state index in [-0.39, 0.29) is 32.7 Å². The maximum atomic E-state index is 14.3. The summed E-state index contributed by atoms with van der Waals surface area (Å²) in [6.45, 7) is 25.6. The van der Waals surface area contributed by atoms with Gasteiger partial charge in [-0.1, -0.05) is 83.1 Å². The van der Waals surface area contributed by atoms with Crippen LogP contribution in [0.4, 0.5) is 176 Å². The zero-order valence-corrected chi connectivity index (χ0v) is 73.9. The summed E-state index contributed by atoms with van der Waals surface area (Å²) < 4.78 is 521. The Morgan fingerprint density at radius 3 is 0.754 bits per heavy atom. The van der Waals surface area contributed by atoms with E-state index >= 15 is 0 Å². The molecule has 0 aliphatic carbocycles. The zero-order chi connectivity index (χ0) is 105. The summed E-state index contributed by atoms with van der Waals surface area (Å²) in [5.74, 6) is -67.7. The number of ketones is 4. The molecule has 0 aromatic heterocycles. The maximum absolute atomic E-state index is 14.3. The Hall–Kier alpha value is -3.58. The van der Waals surface area contributed by atoms with Gasteiger partial charge in [0.15, 0.2) is 17.4 Å². The van der Waals surface area contributed by atoms with Gasteiger partial charge in [-0.05, 0) is 111 Å². The Morgan fingerprint density at radius 1 is 0.325 bits per heavy atom. The van der Waals surface area contributed by atoms with E-state index in [1.54, 1.807) is 0 Å². The van der Waals surface area contributed by atoms with Gasteiger partial charge >= 0.3 is 131 Å². The average Bonchev–Trinajstić information content (AvgIpc) is 0.806. The number of aliphatic hydroxyl groups excluding tert-OH is 1. The predicted octanol–water partition coefficient (Wildman–Crippen LogP) is 18.7. The number of Topliss-reactive ketones (excluding diaryl/α,β-unsaturated/α-hetero) is 4. The molecule has 3 rings (SSSR count). The van der Waals surface area contributed by atoms with Gasteiger partial charge in [0.1, 0.15) is 17.8 Å². The van der Waals surface area contributed by atoms with Crippen molar-refractivity contribution >= 4 is 23.1 Å². The van der Waals surface area contributed by atoms with E-state index in [4.69, 9.17) is 30.3 Å². The van der Waals surface area contributed by atoms with Gasteiger partial charge in [-0.2, -0.15) is 167 Å². The molecule has 1 radical (unpaired) electrons. The van der Waals surface area contributed by atoms with E-state index in [0.29, 0.717) is 27.7 Å². The molecule has 3 fully saturated rings. The van der Waals surface area contributed by atoms with Crippen LogP contribution < -0.4 is 0 Å². The number of carbonyl (C=O) groups is 4. The molecule has 0 bridgehead atoms. The molecule has 3 aliphatic heterocycles. The first kappa shape index (κ1) is 133. The van der Waals surface area contributed by atoms with Gasteiger partial charge in [0.2, 0.25) is 0 Å². The summed E-state index contributed by atoms with van der Waals surface area (Å²) in [4.78, 5) is 41.8. The number of alkyl halides is 38. The monoisotopic (exact) mass is 2040 g/mol. The molecule has 9 N–H and O–H groups in total. The number of halogens is 40. The van der Waals surface area contributed by atoms with Crippen molar-refractivity contribution in [3.8, 4) is 0 Å². The van der Waals surface area contributed by atoms with Crippen LogP contribution in [0.25, 0.3) is 0 Å². The second-order valence-electron chi connectivity index (χ2n) is 34.7. The van der Waals surface area contributed by atoms with Gasteiger partial charge < -0.3 is 78.4 Å². The number of rotatable bonds is 14. The molecule has 59 heteroatoms. The molecule has 3 saturated heterocycles. The van der Waals surface area contributed by atoms with Crippen molar-refractivity contribution < 1.29 is 297 Å². The molecule has 3 unspecified atom stereocenters. The fraction of sp³-hybridized carbons (Fsp3) is 0.925. The van der Waals surface area contributed by atoms with Crippen LogP contribution in [0, 0.1) is 38.9 Å². The third kappa shape index (κ3) is 26.5. The van der Waals surface area contributed by atoms with Gasteiger partial charge in [-0.15, -0.1) is 0 Å². The number of aliphatic hydroxyl groups is 9. The summed E-state index contributed by atoms with van der Waals surface area (Å²) in [5.41, 5.74) is -24.7. The minimum absolute atomic E-state index is 0. The van der Waals surface area contributed by atoms with Gasteiger partial charge in [-0.3, -0.25) is 19.2 Å². The van der Waals surface area contributed by atoms with E-state index in [2.05, 4.69) is 18.9 Å². The van der Waals surface area contributed by atoms with Crippen LogP contribution in [0.15, 0.2) is 0 Å². The van der Waals surface area contributed by atoms with Crippen LogP contribution in [-0.4, -0.2) is 235 Å². The van der Waals surface area contributed by atoms with Crippen LogP contribution in [0.5, 0.6) is 0 Å². The quantitative estimate of drug-likeness (QED) is 0.0444. The van der Waals surface area contributed by atoms with Crippen LogP contribution in [-0.2, 0) is 75.6 Å². The number of carbonyl (C=O) groups excluding carboxylic acids is 4. The molecule has 0 aromatic rings. The minimum atomic E-state index is -5.76.